The number of hydrogen-bond donors (Lipinski definition) is 3. The van der Waals surface area contributed by atoms with Crippen molar-refractivity contribution in [3.63, 3.8) is 0 Å². The van der Waals surface area contributed by atoms with Crippen LogP contribution in [0.1, 0.15) is 457 Å². The Bertz CT molecular complexity index is 1210. The van der Waals surface area contributed by atoms with Gasteiger partial charge in [0.15, 0.2) is 0 Å². The van der Waals surface area contributed by atoms with Crippen molar-refractivity contribution in [3.05, 3.63) is 0 Å². The van der Waals surface area contributed by atoms with Crippen molar-refractivity contribution in [1.29, 1.82) is 0 Å². The monoisotopic (exact) mass is 1170 g/mol. The lowest BCUT2D eigenvalue weighted by Crippen LogP contribution is -2.45. The maximum atomic E-state index is 12.5. The lowest BCUT2D eigenvalue weighted by atomic mass is 10.0. The van der Waals surface area contributed by atoms with Crippen molar-refractivity contribution in [2.24, 2.45) is 0 Å². The average Bonchev–Trinajstić information content (AvgIpc) is 3.49. The summed E-state index contributed by atoms with van der Waals surface area (Å²) in [6.07, 6.45) is 90.6. The van der Waals surface area contributed by atoms with E-state index in [1.807, 2.05) is 0 Å². The standard InChI is InChI=1S/C77H153NO5/c1-3-5-7-9-11-13-15-17-18-40-43-46-49-53-57-61-65-69-75(80)74(73-79)78-76(81)70-66-62-58-54-50-47-44-41-38-36-34-32-30-28-26-24-22-20-19-21-23-25-27-29-31-33-35-37-39-42-45-48-52-56-60-64-68-72-83-77(82)71-67-63-59-55-51-16-14-12-10-8-6-4-2/h74-75,79-80H,3-73H2,1-2H3,(H,78,81). The lowest BCUT2D eigenvalue weighted by molar-refractivity contribution is -0.143. The van der Waals surface area contributed by atoms with Crippen molar-refractivity contribution >= 4 is 11.9 Å². The molecule has 0 heterocycles. The number of unbranched alkanes of at least 4 members (excludes halogenated alkanes) is 63. The molecule has 0 aromatic carbocycles. The molecule has 6 nitrogen and oxygen atoms in total. The molecule has 1 amide bonds. The van der Waals surface area contributed by atoms with Gasteiger partial charge in [-0.15, -0.1) is 0 Å². The lowest BCUT2D eigenvalue weighted by Gasteiger charge is -2.22. The van der Waals surface area contributed by atoms with Gasteiger partial charge in [-0.2, -0.15) is 0 Å². The highest BCUT2D eigenvalue weighted by atomic mass is 16.5. The minimum absolute atomic E-state index is 0.0243. The summed E-state index contributed by atoms with van der Waals surface area (Å²) >= 11 is 0. The fourth-order valence-corrected chi connectivity index (χ4v) is 12.8. The second-order valence-electron chi connectivity index (χ2n) is 27.1. The third kappa shape index (κ3) is 69.8. The Balaban J connectivity index is 3.29. The fourth-order valence-electron chi connectivity index (χ4n) is 12.8. The second-order valence-corrected chi connectivity index (χ2v) is 27.1. The van der Waals surface area contributed by atoms with Crippen LogP contribution in [0.5, 0.6) is 0 Å². The summed E-state index contributed by atoms with van der Waals surface area (Å²) in [7, 11) is 0. The summed E-state index contributed by atoms with van der Waals surface area (Å²) in [6.45, 7) is 5.01. The van der Waals surface area contributed by atoms with E-state index in [1.165, 1.54) is 385 Å². The molecule has 6 heteroatoms. The first kappa shape index (κ1) is 81.9. The Morgan fingerprint density at radius 3 is 0.735 bits per heavy atom. The van der Waals surface area contributed by atoms with Crippen LogP contribution in [0.4, 0.5) is 0 Å². The topological polar surface area (TPSA) is 95.9 Å². The van der Waals surface area contributed by atoms with Crippen LogP contribution in [0.15, 0.2) is 0 Å². The zero-order valence-corrected chi connectivity index (χ0v) is 57.0. The predicted octanol–water partition coefficient (Wildman–Crippen LogP) is 25.3. The molecule has 0 aliphatic rings. The molecule has 2 unspecified atom stereocenters. The Hall–Kier alpha value is -1.14. The van der Waals surface area contributed by atoms with Gasteiger partial charge in [-0.3, -0.25) is 9.59 Å². The highest BCUT2D eigenvalue weighted by molar-refractivity contribution is 5.76. The van der Waals surface area contributed by atoms with Gasteiger partial charge < -0.3 is 20.3 Å². The molecule has 0 radical (unpaired) electrons. The first-order valence-corrected chi connectivity index (χ1v) is 38.8. The molecular formula is C77H153NO5. The number of carbonyl (C=O) groups is 2. The van der Waals surface area contributed by atoms with Crippen LogP contribution in [0.25, 0.3) is 0 Å². The largest absolute Gasteiger partial charge is 0.466 e. The van der Waals surface area contributed by atoms with E-state index in [0.29, 0.717) is 25.9 Å². The Morgan fingerprint density at radius 1 is 0.289 bits per heavy atom. The quantitative estimate of drug-likeness (QED) is 0.0417. The predicted molar refractivity (Wildman–Crippen MR) is 366 cm³/mol. The molecule has 3 N–H and O–H groups in total. The first-order chi connectivity index (χ1) is 41.0. The molecule has 0 bridgehead atoms. The van der Waals surface area contributed by atoms with E-state index in [1.54, 1.807) is 0 Å². The molecule has 0 aromatic rings. The van der Waals surface area contributed by atoms with Crippen LogP contribution in [-0.4, -0.2) is 47.4 Å². The molecule has 0 aliphatic carbocycles. The van der Waals surface area contributed by atoms with Crippen LogP contribution in [-0.2, 0) is 14.3 Å². The van der Waals surface area contributed by atoms with Crippen molar-refractivity contribution in [2.45, 2.75) is 469 Å². The van der Waals surface area contributed by atoms with E-state index >= 15 is 0 Å². The fraction of sp³-hybridized carbons (Fsp3) is 0.974. The molecule has 0 saturated heterocycles. The zero-order chi connectivity index (χ0) is 59.9. The second kappa shape index (κ2) is 73.3. The number of aliphatic hydroxyl groups is 2. The molecule has 0 saturated carbocycles. The number of amides is 1. The number of carbonyl (C=O) groups excluding carboxylic acids is 2. The Morgan fingerprint density at radius 2 is 0.494 bits per heavy atom. The number of nitrogens with one attached hydrogen (secondary N) is 1. The van der Waals surface area contributed by atoms with Crippen molar-refractivity contribution in [2.75, 3.05) is 13.2 Å². The Kier molecular flexibility index (Phi) is 72.3. The van der Waals surface area contributed by atoms with Crippen molar-refractivity contribution in [3.8, 4) is 0 Å². The van der Waals surface area contributed by atoms with E-state index in [-0.39, 0.29) is 18.5 Å². The number of rotatable bonds is 74. The molecular weight excluding hydrogens is 1020 g/mol. The van der Waals surface area contributed by atoms with Gasteiger partial charge in [-0.1, -0.05) is 418 Å². The number of aliphatic hydroxyl groups excluding tert-OH is 2. The average molecular weight is 1170 g/mol. The van der Waals surface area contributed by atoms with E-state index in [2.05, 4.69) is 19.2 Å². The van der Waals surface area contributed by atoms with Gasteiger partial charge in [0.05, 0.1) is 25.4 Å². The third-order valence-electron chi connectivity index (χ3n) is 18.7. The maximum absolute atomic E-state index is 12.5. The Labute approximate surface area is 521 Å². The summed E-state index contributed by atoms with van der Waals surface area (Å²) in [6, 6.07) is -0.536. The van der Waals surface area contributed by atoms with Crippen LogP contribution < -0.4 is 5.32 Å². The van der Waals surface area contributed by atoms with Crippen LogP contribution in [0, 0.1) is 0 Å². The third-order valence-corrected chi connectivity index (χ3v) is 18.7. The summed E-state index contributed by atoms with van der Waals surface area (Å²) in [5.41, 5.74) is 0. The smallest absolute Gasteiger partial charge is 0.305 e. The summed E-state index contributed by atoms with van der Waals surface area (Å²) < 4.78 is 5.49. The normalized spacial score (nSPS) is 12.4. The van der Waals surface area contributed by atoms with E-state index in [9.17, 15) is 19.8 Å². The van der Waals surface area contributed by atoms with E-state index in [0.717, 1.165) is 38.5 Å². The van der Waals surface area contributed by atoms with Crippen LogP contribution in [0.2, 0.25) is 0 Å². The summed E-state index contributed by atoms with van der Waals surface area (Å²) in [5.74, 6) is 0.000952. The molecule has 0 spiro atoms. The SMILES string of the molecule is CCCCCCCCCCCCCCCCCCCC(O)C(CO)NC(=O)CCCCCCCCCCCCCCCCCCCCCCCCCCCCCCCCCCCCCCCOC(=O)CCCCCCCCCCCCCC. The number of ether oxygens (including phenoxy) is 1. The zero-order valence-electron chi connectivity index (χ0n) is 57.0. The minimum Gasteiger partial charge on any atom is -0.466 e. The molecule has 496 valence electrons. The summed E-state index contributed by atoms with van der Waals surface area (Å²) in [4.78, 5) is 24.6. The van der Waals surface area contributed by atoms with E-state index < -0.39 is 12.1 Å². The molecule has 0 fully saturated rings. The number of hydrogen-bond acceptors (Lipinski definition) is 5. The van der Waals surface area contributed by atoms with Crippen LogP contribution in [0.3, 0.4) is 0 Å². The van der Waals surface area contributed by atoms with Crippen molar-refractivity contribution < 1.29 is 24.5 Å². The van der Waals surface area contributed by atoms with Crippen molar-refractivity contribution in [1.82, 2.24) is 5.32 Å². The number of esters is 1. The molecule has 0 rings (SSSR count). The minimum atomic E-state index is -0.659. The highest BCUT2D eigenvalue weighted by Crippen LogP contribution is 2.20. The van der Waals surface area contributed by atoms with Gasteiger partial charge in [-0.05, 0) is 25.7 Å². The van der Waals surface area contributed by atoms with Gasteiger partial charge in [0, 0.05) is 12.8 Å². The maximum Gasteiger partial charge on any atom is 0.305 e. The molecule has 2 atom stereocenters. The highest BCUT2D eigenvalue weighted by Gasteiger charge is 2.20. The van der Waals surface area contributed by atoms with Gasteiger partial charge in [0.2, 0.25) is 5.91 Å². The van der Waals surface area contributed by atoms with Gasteiger partial charge in [-0.25, -0.2) is 0 Å². The van der Waals surface area contributed by atoms with Gasteiger partial charge in [0.25, 0.3) is 0 Å². The van der Waals surface area contributed by atoms with Gasteiger partial charge >= 0.3 is 5.97 Å². The molecule has 0 aliphatic heterocycles. The molecule has 0 aromatic heterocycles. The molecule has 83 heavy (non-hydrogen) atoms. The van der Waals surface area contributed by atoms with Gasteiger partial charge in [0.1, 0.15) is 0 Å². The van der Waals surface area contributed by atoms with E-state index in [4.69, 9.17) is 4.74 Å². The first-order valence-electron chi connectivity index (χ1n) is 38.8. The summed E-state index contributed by atoms with van der Waals surface area (Å²) in [5, 5.41) is 23.4. The van der Waals surface area contributed by atoms with Crippen LogP contribution >= 0.6 is 0 Å².